The van der Waals surface area contributed by atoms with Crippen LogP contribution in [0.2, 0.25) is 0 Å². The molecular weight excluding hydrogens is 1490 g/mol. The zero-order valence-electron chi connectivity index (χ0n) is 58.8. The van der Waals surface area contributed by atoms with Crippen molar-refractivity contribution in [2.24, 2.45) is 0 Å². The number of benzene rings is 12. The highest BCUT2D eigenvalue weighted by Gasteiger charge is 2.48. The van der Waals surface area contributed by atoms with Crippen molar-refractivity contribution in [2.75, 3.05) is 35.3 Å². The molecular formula is C90H90Br2O8P4+4. The summed E-state index contributed by atoms with van der Waals surface area (Å²) in [6.45, 7) is 4.43. The first-order chi connectivity index (χ1) is 50.7. The molecule has 0 saturated carbocycles. The molecule has 0 spiro atoms. The number of aromatic carboxylic acids is 4. The van der Waals surface area contributed by atoms with E-state index in [-0.39, 0.29) is 0 Å². The van der Waals surface area contributed by atoms with E-state index in [1.165, 1.54) is 63.7 Å². The van der Waals surface area contributed by atoms with Gasteiger partial charge in [0, 0.05) is 10.7 Å². The Balaban J connectivity index is 0.000000161. The predicted octanol–water partition coefficient (Wildman–Crippen LogP) is 17.9. The molecule has 0 aliphatic heterocycles. The Morgan fingerprint density at radius 1 is 0.221 bits per heavy atom. The van der Waals surface area contributed by atoms with E-state index in [9.17, 15) is 39.6 Å². The van der Waals surface area contributed by atoms with Crippen LogP contribution in [-0.4, -0.2) is 79.6 Å². The van der Waals surface area contributed by atoms with Crippen molar-refractivity contribution >= 4 is 148 Å². The summed E-state index contributed by atoms with van der Waals surface area (Å²) >= 11 is 7.15. The molecule has 0 aliphatic carbocycles. The second kappa shape index (κ2) is 39.9. The monoisotopic (exact) mass is 1580 g/mol. The second-order valence-corrected chi connectivity index (χ2v) is 41.1. The highest BCUT2D eigenvalue weighted by molar-refractivity contribution is 9.09. The highest BCUT2D eigenvalue weighted by atomic mass is 79.9. The number of carboxylic acid groups (broad SMARTS) is 4. The number of carbonyl (C=O) groups is 4. The maximum atomic E-state index is 11.3. The van der Waals surface area contributed by atoms with Crippen LogP contribution in [0.4, 0.5) is 0 Å². The van der Waals surface area contributed by atoms with Crippen LogP contribution >= 0.6 is 60.9 Å². The van der Waals surface area contributed by atoms with Crippen LogP contribution in [0.1, 0.15) is 93.8 Å². The quantitative estimate of drug-likeness (QED) is 0.0215. The molecule has 0 aromatic heterocycles. The van der Waals surface area contributed by atoms with Gasteiger partial charge < -0.3 is 20.4 Å². The van der Waals surface area contributed by atoms with Gasteiger partial charge in [0.25, 0.3) is 0 Å². The van der Waals surface area contributed by atoms with Gasteiger partial charge in [-0.25, -0.2) is 19.2 Å². The summed E-state index contributed by atoms with van der Waals surface area (Å²) in [4.78, 5) is 45.1. The van der Waals surface area contributed by atoms with E-state index in [4.69, 9.17) is 0 Å². The van der Waals surface area contributed by atoms with Crippen molar-refractivity contribution < 1.29 is 39.6 Å². The number of hydrogen-bond acceptors (Lipinski definition) is 4. The molecule has 0 heterocycles. The standard InChI is InChI=1S/C23H22BrO2P.C23H23O2P.C22H20BrO2P.C22H21O2P/c24-17-7-8-18-27(20-9-3-1-4-10-20,21-11-5-2-6-12-21)22-15-13-19(14-16-22)23(25)26;1-2-3-18-26(20-10-6-4-7-11-20,21-12-8-5-9-13-21)22-16-14-19(15-17-22)23(24)25;23-16-7-17-26(19-8-3-1-4-9-19,20-10-5-2-6-11-20)21-14-12-18(13-15-21)22(24)25;1-2-17-25(19-9-5-3-6-10-19,20-11-7-4-8-12-20)21-15-13-18(14-16-21)22(23)24/h1-6,9-16H,7-8,17-18H2;4-17H,2-3,18H2,1H3;1-6,8-15H,7,16-17H2;3-16H,2,17H2,1H3/p+4. The predicted molar refractivity (Wildman–Crippen MR) is 455 cm³/mol. The number of alkyl halides is 2. The molecule has 8 nitrogen and oxygen atoms in total. The van der Waals surface area contributed by atoms with Gasteiger partial charge in [0.15, 0.2) is 0 Å². The Morgan fingerprint density at radius 2 is 0.394 bits per heavy atom. The van der Waals surface area contributed by atoms with E-state index in [0.29, 0.717) is 22.3 Å². The van der Waals surface area contributed by atoms with Crippen LogP contribution in [0.5, 0.6) is 0 Å². The van der Waals surface area contributed by atoms with Gasteiger partial charge in [0.1, 0.15) is 92.7 Å². The Morgan fingerprint density at radius 3 is 0.567 bits per heavy atom. The SMILES string of the molecule is CCCC[P+](c1ccccc1)(c1ccccc1)c1ccc(C(=O)O)cc1.CCC[P+](c1ccccc1)(c1ccccc1)c1ccc(C(=O)O)cc1.O=C(O)c1ccc([P+](CCCBr)(c2ccccc2)c2ccccc2)cc1.O=C(O)c1ccc([P+](CCCCBr)(c2ccccc2)c2ccccc2)cc1. The zero-order valence-corrected chi connectivity index (χ0v) is 65.5. The van der Waals surface area contributed by atoms with E-state index in [0.717, 1.165) is 73.8 Å². The van der Waals surface area contributed by atoms with Crippen LogP contribution in [0, 0.1) is 0 Å². The molecule has 0 unspecified atom stereocenters. The molecule has 528 valence electrons. The summed E-state index contributed by atoms with van der Waals surface area (Å²) in [5, 5.41) is 54.6. The van der Waals surface area contributed by atoms with Crippen molar-refractivity contribution in [3.05, 3.63) is 362 Å². The normalized spacial score (nSPS) is 11.3. The summed E-state index contributed by atoms with van der Waals surface area (Å²) in [6.07, 6.45) is 10.9. The summed E-state index contributed by atoms with van der Waals surface area (Å²) in [5.41, 5.74) is 1.33. The van der Waals surface area contributed by atoms with Gasteiger partial charge in [-0.15, -0.1) is 0 Å². The molecule has 0 radical (unpaired) electrons. The minimum Gasteiger partial charge on any atom is -0.478 e. The van der Waals surface area contributed by atoms with Gasteiger partial charge >= 0.3 is 23.9 Å². The number of hydrogen-bond donors (Lipinski definition) is 4. The molecule has 104 heavy (non-hydrogen) atoms. The average Bonchev–Trinajstić information content (AvgIpc) is 0.779. The third-order valence-corrected chi connectivity index (χ3v) is 38.1. The van der Waals surface area contributed by atoms with E-state index < -0.39 is 52.9 Å². The fourth-order valence-corrected chi connectivity index (χ4v) is 32.4. The van der Waals surface area contributed by atoms with Crippen LogP contribution in [0.25, 0.3) is 0 Å². The summed E-state index contributed by atoms with van der Waals surface area (Å²) in [5.74, 6) is -3.54. The molecule has 0 atom stereocenters. The second-order valence-electron chi connectivity index (χ2n) is 25.0. The lowest BCUT2D eigenvalue weighted by Gasteiger charge is -2.27. The lowest BCUT2D eigenvalue weighted by atomic mass is 10.2. The van der Waals surface area contributed by atoms with E-state index in [1.807, 2.05) is 72.8 Å². The van der Waals surface area contributed by atoms with Crippen molar-refractivity contribution in [3.63, 3.8) is 0 Å². The first kappa shape index (κ1) is 79.3. The third-order valence-electron chi connectivity index (χ3n) is 18.7. The van der Waals surface area contributed by atoms with Gasteiger partial charge in [-0.2, -0.15) is 0 Å². The first-order valence-electron chi connectivity index (χ1n) is 35.2. The molecule has 0 saturated heterocycles. The number of halogens is 2. The maximum absolute atomic E-state index is 11.3. The van der Waals surface area contributed by atoms with Crippen molar-refractivity contribution in [1.82, 2.24) is 0 Å². The Hall–Kier alpha value is -8.80. The third kappa shape index (κ3) is 19.2. The van der Waals surface area contributed by atoms with Crippen LogP contribution in [0.15, 0.2) is 340 Å². The van der Waals surface area contributed by atoms with Gasteiger partial charge in [0.2, 0.25) is 0 Å². The Bertz CT molecular complexity index is 4260. The van der Waals surface area contributed by atoms with Crippen molar-refractivity contribution in [3.8, 4) is 0 Å². The minimum absolute atomic E-state index is 0.327. The summed E-state index contributed by atoms with van der Waals surface area (Å²) in [6, 6.07) is 115. The molecule has 14 heteroatoms. The van der Waals surface area contributed by atoms with Gasteiger partial charge in [-0.05, 0) is 226 Å². The number of carboxylic acids is 4. The van der Waals surface area contributed by atoms with Crippen LogP contribution in [-0.2, 0) is 0 Å². The van der Waals surface area contributed by atoms with E-state index >= 15 is 0 Å². The van der Waals surface area contributed by atoms with Crippen LogP contribution in [0.3, 0.4) is 0 Å². The zero-order chi connectivity index (χ0) is 73.6. The smallest absolute Gasteiger partial charge is 0.335 e. The molecule has 4 N–H and O–H groups in total. The molecule has 0 aliphatic rings. The first-order valence-corrected chi connectivity index (χ1v) is 45.3. The lowest BCUT2D eigenvalue weighted by Crippen LogP contribution is -2.33. The minimum atomic E-state index is -1.85. The van der Waals surface area contributed by atoms with Gasteiger partial charge in [-0.3, -0.25) is 0 Å². The van der Waals surface area contributed by atoms with Gasteiger partial charge in [-0.1, -0.05) is 198 Å². The largest absolute Gasteiger partial charge is 0.478 e. The molecule has 0 bridgehead atoms. The molecule has 0 amide bonds. The molecule has 12 aromatic rings. The fourth-order valence-electron chi connectivity index (χ4n) is 13.7. The summed E-state index contributed by atoms with van der Waals surface area (Å²) < 4.78 is 0. The number of rotatable bonds is 28. The summed E-state index contributed by atoms with van der Waals surface area (Å²) in [7, 11) is -7.30. The maximum Gasteiger partial charge on any atom is 0.335 e. The van der Waals surface area contributed by atoms with E-state index in [2.05, 4.69) is 264 Å². The highest BCUT2D eigenvalue weighted by Crippen LogP contribution is 2.59. The van der Waals surface area contributed by atoms with E-state index in [1.54, 1.807) is 48.5 Å². The fraction of sp³-hybridized carbons (Fsp3) is 0.156. The average molecular weight is 1580 g/mol. The molecule has 12 aromatic carbocycles. The van der Waals surface area contributed by atoms with Crippen molar-refractivity contribution in [2.45, 2.75) is 52.4 Å². The topological polar surface area (TPSA) is 149 Å². The van der Waals surface area contributed by atoms with Gasteiger partial charge in [0.05, 0.1) is 46.9 Å². The number of unbranched alkanes of at least 4 members (excludes halogenated alkanes) is 2. The lowest BCUT2D eigenvalue weighted by molar-refractivity contribution is 0.0686. The molecule has 12 rings (SSSR count). The Kier molecular flexibility index (Phi) is 30.4. The van der Waals surface area contributed by atoms with Crippen molar-refractivity contribution in [1.29, 1.82) is 0 Å². The Labute approximate surface area is 633 Å². The molecule has 0 fully saturated rings. The van der Waals surface area contributed by atoms with Crippen LogP contribution < -0.4 is 63.7 Å².